The van der Waals surface area contributed by atoms with E-state index in [9.17, 15) is 13.6 Å². The van der Waals surface area contributed by atoms with Crippen molar-refractivity contribution in [2.75, 3.05) is 13.1 Å². The highest BCUT2D eigenvalue weighted by molar-refractivity contribution is 6.29. The Balaban J connectivity index is 2.52. The first-order valence-corrected chi connectivity index (χ1v) is 5.45. The van der Waals surface area contributed by atoms with E-state index < -0.39 is 43.7 Å². The minimum atomic E-state index is -3.54. The van der Waals surface area contributed by atoms with Gasteiger partial charge in [-0.2, -0.15) is 0 Å². The van der Waals surface area contributed by atoms with Gasteiger partial charge in [-0.15, -0.1) is 0 Å². The molecule has 2 rings (SSSR count). The van der Waals surface area contributed by atoms with Crippen LogP contribution in [-0.2, 0) is 16.1 Å². The van der Waals surface area contributed by atoms with Gasteiger partial charge < -0.3 is 9.64 Å². The minimum Gasteiger partial charge on any atom is -0.456 e. The van der Waals surface area contributed by atoms with Crippen LogP contribution in [0.15, 0.2) is 30.1 Å². The van der Waals surface area contributed by atoms with Crippen LogP contribution in [0.1, 0.15) is 12.4 Å². The van der Waals surface area contributed by atoms with Crippen molar-refractivity contribution in [1.29, 1.82) is 0 Å². The van der Waals surface area contributed by atoms with Gasteiger partial charge in [0.1, 0.15) is 11.7 Å². The molecule has 19 heavy (non-hydrogen) atoms. The lowest BCUT2D eigenvalue weighted by molar-refractivity contribution is -0.135. The number of halogens is 3. The topological polar surface area (TPSA) is 42.4 Å². The van der Waals surface area contributed by atoms with Crippen LogP contribution in [-0.4, -0.2) is 35.3 Å². The van der Waals surface area contributed by atoms with Crippen molar-refractivity contribution >= 4 is 17.6 Å². The second kappa shape index (κ2) is 5.97. The van der Waals surface area contributed by atoms with E-state index in [0.717, 1.165) is 0 Å². The van der Waals surface area contributed by atoms with E-state index in [1.54, 1.807) is 0 Å². The molecule has 0 unspecified atom stereocenters. The summed E-state index contributed by atoms with van der Waals surface area (Å²) in [7, 11) is 0. The highest BCUT2D eigenvalue weighted by Gasteiger charge is 2.22. The SMILES string of the molecule is [2H]C1=C(N(Cc2ccc(Cl)nc2)C([2H])([2H])C(F)F)C([2H])([2H])OC1=O. The lowest BCUT2D eigenvalue weighted by atomic mass is 10.2. The van der Waals surface area contributed by atoms with E-state index in [4.69, 9.17) is 18.5 Å². The number of carbonyl (C=O) groups excluding carboxylic acids is 1. The van der Waals surface area contributed by atoms with Gasteiger partial charge in [0, 0.05) is 18.8 Å². The van der Waals surface area contributed by atoms with E-state index in [1.807, 2.05) is 0 Å². The summed E-state index contributed by atoms with van der Waals surface area (Å²) >= 11 is 5.62. The van der Waals surface area contributed by atoms with Gasteiger partial charge in [-0.1, -0.05) is 17.7 Å². The number of nitrogens with zero attached hydrogens (tertiary/aromatic N) is 2. The summed E-state index contributed by atoms with van der Waals surface area (Å²) in [5, 5.41) is 0.122. The van der Waals surface area contributed by atoms with Crippen molar-refractivity contribution in [2.45, 2.75) is 13.0 Å². The molecule has 0 atom stereocenters. The molecule has 0 fully saturated rings. The largest absolute Gasteiger partial charge is 0.456 e. The van der Waals surface area contributed by atoms with Crippen LogP contribution >= 0.6 is 11.6 Å². The number of carbonyl (C=O) groups is 1. The molecule has 0 radical (unpaired) electrons. The monoisotopic (exact) mass is 293 g/mol. The van der Waals surface area contributed by atoms with Crippen molar-refractivity contribution in [1.82, 2.24) is 9.88 Å². The van der Waals surface area contributed by atoms with Gasteiger partial charge in [-0.05, 0) is 11.6 Å². The van der Waals surface area contributed by atoms with Crippen molar-refractivity contribution < 1.29 is 25.2 Å². The average Bonchev–Trinajstić information content (AvgIpc) is 2.67. The summed E-state index contributed by atoms with van der Waals surface area (Å²) in [4.78, 5) is 15.5. The summed E-state index contributed by atoms with van der Waals surface area (Å²) in [6.45, 7) is -6.84. The Morgan fingerprint density at radius 3 is 3.00 bits per heavy atom. The average molecular weight is 294 g/mol. The highest BCUT2D eigenvalue weighted by atomic mass is 35.5. The van der Waals surface area contributed by atoms with Crippen LogP contribution < -0.4 is 0 Å². The van der Waals surface area contributed by atoms with Gasteiger partial charge in [0.05, 0.1) is 19.0 Å². The molecule has 0 N–H and O–H groups in total. The van der Waals surface area contributed by atoms with Gasteiger partial charge in [-0.25, -0.2) is 18.6 Å². The zero-order chi connectivity index (χ0) is 18.3. The van der Waals surface area contributed by atoms with Gasteiger partial charge >= 0.3 is 5.97 Å². The van der Waals surface area contributed by atoms with E-state index >= 15 is 0 Å². The maximum Gasteiger partial charge on any atom is 0.333 e. The van der Waals surface area contributed by atoms with E-state index in [0.29, 0.717) is 4.90 Å². The van der Waals surface area contributed by atoms with Gasteiger partial charge in [0.25, 0.3) is 6.43 Å². The molecule has 4 nitrogen and oxygen atoms in total. The molecule has 0 saturated carbocycles. The number of hydrogen-bond donors (Lipinski definition) is 0. The number of esters is 1. The zero-order valence-electron chi connectivity index (χ0n) is 14.4. The smallest absolute Gasteiger partial charge is 0.333 e. The Bertz CT molecular complexity index is 685. The standard InChI is InChI=1S/C12H11ClF2N2O2/c13-10-2-1-8(4-16-10)5-17(6-11(14)15)9-3-12(18)19-7-9/h1-4,11H,5-7H2/i3D,6D2,7D2. The third kappa shape index (κ3) is 3.89. The fourth-order valence-electron chi connectivity index (χ4n) is 1.35. The third-order valence-corrected chi connectivity index (χ3v) is 2.34. The number of hydrogen-bond acceptors (Lipinski definition) is 4. The van der Waals surface area contributed by atoms with Crippen molar-refractivity contribution in [3.8, 4) is 0 Å². The fourth-order valence-corrected chi connectivity index (χ4v) is 1.47. The quantitative estimate of drug-likeness (QED) is 0.617. The van der Waals surface area contributed by atoms with Crippen molar-refractivity contribution in [3.05, 3.63) is 40.8 Å². The maximum atomic E-state index is 13.2. The molecule has 102 valence electrons. The normalized spacial score (nSPS) is 22.3. The number of pyridine rings is 1. The minimum absolute atomic E-state index is 0.122. The number of rotatable bonds is 5. The number of ether oxygens (including phenoxy) is 1. The molecule has 1 aliphatic rings. The Morgan fingerprint density at radius 1 is 1.68 bits per heavy atom. The molecule has 1 aromatic heterocycles. The van der Waals surface area contributed by atoms with Gasteiger partial charge in [0.2, 0.25) is 0 Å². The molecule has 1 aliphatic heterocycles. The molecule has 0 saturated heterocycles. The first kappa shape index (κ1) is 8.47. The van der Waals surface area contributed by atoms with E-state index in [-0.39, 0.29) is 10.7 Å². The summed E-state index contributed by atoms with van der Waals surface area (Å²) in [5.74, 6) is -1.36. The molecule has 2 heterocycles. The van der Waals surface area contributed by atoms with Crippen LogP contribution in [0.4, 0.5) is 8.78 Å². The Labute approximate surface area is 120 Å². The summed E-state index contributed by atoms with van der Waals surface area (Å²) in [6, 6.07) is 1.70. The predicted molar refractivity (Wildman–Crippen MR) is 64.7 cm³/mol. The molecule has 7 heteroatoms. The molecule has 0 aliphatic carbocycles. The second-order valence-electron chi connectivity index (χ2n) is 3.47. The van der Waals surface area contributed by atoms with Crippen LogP contribution in [0.25, 0.3) is 0 Å². The summed E-state index contributed by atoms with van der Waals surface area (Å²) < 4.78 is 68.6. The predicted octanol–water partition coefficient (Wildman–Crippen LogP) is 2.24. The maximum absolute atomic E-state index is 13.2. The van der Waals surface area contributed by atoms with Crippen LogP contribution in [0, 0.1) is 0 Å². The van der Waals surface area contributed by atoms with E-state index in [1.165, 1.54) is 18.3 Å². The van der Waals surface area contributed by atoms with Crippen LogP contribution in [0.2, 0.25) is 5.15 Å². The molecular weight excluding hydrogens is 278 g/mol. The zero-order valence-corrected chi connectivity index (χ0v) is 10.1. The fraction of sp³-hybridized carbons (Fsp3) is 0.333. The van der Waals surface area contributed by atoms with Crippen molar-refractivity contribution in [2.24, 2.45) is 0 Å². The second-order valence-corrected chi connectivity index (χ2v) is 3.86. The molecule has 0 spiro atoms. The molecule has 0 amide bonds. The number of alkyl halides is 2. The number of cyclic esters (lactones) is 1. The molecule has 0 aromatic carbocycles. The van der Waals surface area contributed by atoms with Crippen molar-refractivity contribution in [3.63, 3.8) is 0 Å². The van der Waals surface area contributed by atoms with Gasteiger partial charge in [-0.3, -0.25) is 0 Å². The molecule has 0 bridgehead atoms. The first-order valence-electron chi connectivity index (χ1n) is 7.57. The lowest BCUT2D eigenvalue weighted by Gasteiger charge is -2.24. The Hall–Kier alpha value is -1.69. The van der Waals surface area contributed by atoms with Crippen LogP contribution in [0.5, 0.6) is 0 Å². The molecule has 1 aromatic rings. The highest BCUT2D eigenvalue weighted by Crippen LogP contribution is 2.17. The van der Waals surface area contributed by atoms with Gasteiger partial charge in [0.15, 0.2) is 0 Å². The summed E-state index contributed by atoms with van der Waals surface area (Å²) in [6.07, 6.45) is -2.35. The summed E-state index contributed by atoms with van der Waals surface area (Å²) in [5.41, 5.74) is -0.688. The number of aromatic nitrogens is 1. The Morgan fingerprint density at radius 2 is 2.47 bits per heavy atom. The van der Waals surface area contributed by atoms with Crippen LogP contribution in [0.3, 0.4) is 0 Å². The first-order chi connectivity index (χ1) is 11.0. The third-order valence-electron chi connectivity index (χ3n) is 2.11. The molecular formula is C12H11ClF2N2O2. The van der Waals surface area contributed by atoms with E-state index in [2.05, 4.69) is 9.72 Å². The Kier molecular flexibility index (Phi) is 2.66. The lowest BCUT2D eigenvalue weighted by Crippen LogP contribution is -2.28.